The van der Waals surface area contributed by atoms with Crippen molar-refractivity contribution >= 4 is 24.1 Å². The number of urea groups is 1. The van der Waals surface area contributed by atoms with Gasteiger partial charge in [-0.15, -0.1) is 0 Å². The van der Waals surface area contributed by atoms with Crippen LogP contribution in [0, 0.1) is 0 Å². The van der Waals surface area contributed by atoms with Crippen LogP contribution in [0.5, 0.6) is 0 Å². The summed E-state index contributed by atoms with van der Waals surface area (Å²) in [6.45, 7) is 4.32. The van der Waals surface area contributed by atoms with E-state index in [1.54, 1.807) is 0 Å². The molecule has 0 aliphatic rings. The number of nitrogens with zero attached hydrogens (tertiary/aromatic N) is 2. The lowest BCUT2D eigenvalue weighted by atomic mass is 10.4. The zero-order chi connectivity index (χ0) is 20.5. The number of nitrogens with one attached hydrogen (secondary N) is 4. The van der Waals surface area contributed by atoms with Crippen LogP contribution in [-0.4, -0.2) is 70.7 Å². The Bertz CT molecular complexity index is 417. The van der Waals surface area contributed by atoms with E-state index < -0.39 is 0 Å². The summed E-state index contributed by atoms with van der Waals surface area (Å²) in [5, 5.41) is 10.6. The normalized spacial score (nSPS) is 8.15. The minimum Gasteiger partial charge on any atom is -0.339 e. The third-order valence-electron chi connectivity index (χ3n) is 2.15. The highest BCUT2D eigenvalue weighted by Crippen LogP contribution is 1.72. The maximum atomic E-state index is 11.0. The molecule has 8 N–H and O–H groups in total. The van der Waals surface area contributed by atoms with Crippen molar-refractivity contribution in [3.05, 3.63) is 0 Å². The summed E-state index contributed by atoms with van der Waals surface area (Å²) in [6, 6.07) is -0.269. The lowest BCUT2D eigenvalue weighted by Crippen LogP contribution is -2.42. The molecule has 0 fully saturated rings. The number of aliphatic imine (C=N–C) groups is 2. The topological polar surface area (TPSA) is 193 Å². The average molecular weight is 374 g/mol. The molecule has 0 spiro atoms. The van der Waals surface area contributed by atoms with E-state index in [1.165, 1.54) is 19.1 Å². The van der Waals surface area contributed by atoms with Crippen molar-refractivity contribution in [2.24, 2.45) is 21.5 Å². The summed E-state index contributed by atoms with van der Waals surface area (Å²) in [6.07, 6.45) is 4.23. The van der Waals surface area contributed by atoms with E-state index in [2.05, 4.69) is 31.3 Å². The summed E-state index contributed by atoms with van der Waals surface area (Å²) in [4.78, 5) is 45.7. The van der Waals surface area contributed by atoms with E-state index in [0.29, 0.717) is 6.54 Å². The number of hydrogen-bond acceptors (Lipinski definition) is 9. The van der Waals surface area contributed by atoms with Crippen molar-refractivity contribution in [1.29, 1.82) is 0 Å². The lowest BCUT2D eigenvalue weighted by Gasteiger charge is -2.07. The minimum atomic E-state index is -0.269. The van der Waals surface area contributed by atoms with Gasteiger partial charge in [0.15, 0.2) is 6.67 Å². The van der Waals surface area contributed by atoms with Crippen molar-refractivity contribution in [3.8, 4) is 0 Å². The van der Waals surface area contributed by atoms with Gasteiger partial charge in [-0.05, 0) is 39.5 Å². The van der Waals surface area contributed by atoms with Crippen LogP contribution in [-0.2, 0) is 14.4 Å². The Morgan fingerprint density at radius 1 is 0.923 bits per heavy atom. The number of rotatable bonds is 10. The first-order chi connectivity index (χ1) is 12.5. The summed E-state index contributed by atoms with van der Waals surface area (Å²) >= 11 is 0. The van der Waals surface area contributed by atoms with Crippen LogP contribution in [0.2, 0.25) is 0 Å². The van der Waals surface area contributed by atoms with Gasteiger partial charge in [-0.3, -0.25) is 4.79 Å². The Morgan fingerprint density at radius 2 is 1.50 bits per heavy atom. The molecule has 150 valence electrons. The van der Waals surface area contributed by atoms with Crippen molar-refractivity contribution < 1.29 is 19.2 Å². The highest BCUT2D eigenvalue weighted by molar-refractivity contribution is 5.76. The quantitative estimate of drug-likeness (QED) is 0.109. The lowest BCUT2D eigenvalue weighted by molar-refractivity contribution is -0.118. The van der Waals surface area contributed by atoms with Crippen LogP contribution in [0.3, 0.4) is 0 Å². The molecule has 0 saturated heterocycles. The van der Waals surface area contributed by atoms with Gasteiger partial charge in [0, 0.05) is 13.5 Å². The molecule has 3 amide bonds. The van der Waals surface area contributed by atoms with E-state index in [-0.39, 0.29) is 25.3 Å². The molecule has 12 heteroatoms. The number of isocyanates is 2. The minimum absolute atomic E-state index is 0.160. The second-order valence-electron chi connectivity index (χ2n) is 4.37. The molecule has 0 aromatic carbocycles. The summed E-state index contributed by atoms with van der Waals surface area (Å²) < 4.78 is 0. The molecule has 26 heavy (non-hydrogen) atoms. The molecule has 0 aromatic rings. The van der Waals surface area contributed by atoms with Crippen molar-refractivity contribution in [2.75, 3.05) is 46.6 Å². The van der Waals surface area contributed by atoms with E-state index in [1.807, 2.05) is 7.05 Å². The summed E-state index contributed by atoms with van der Waals surface area (Å²) in [7, 11) is 1.86. The maximum Gasteiger partial charge on any atom is 0.316 e. The Hall–Kier alpha value is -2.62. The van der Waals surface area contributed by atoms with Crippen LogP contribution < -0.4 is 32.7 Å². The zero-order valence-electron chi connectivity index (χ0n) is 15.3. The fourth-order valence-electron chi connectivity index (χ4n) is 0.989. The molecule has 0 atom stereocenters. The highest BCUT2D eigenvalue weighted by atomic mass is 16.2. The van der Waals surface area contributed by atoms with Gasteiger partial charge in [0.1, 0.15) is 0 Å². The van der Waals surface area contributed by atoms with Gasteiger partial charge >= 0.3 is 6.03 Å². The number of amides is 3. The molecular weight excluding hydrogens is 344 g/mol. The van der Waals surface area contributed by atoms with Crippen molar-refractivity contribution in [2.45, 2.75) is 19.8 Å². The van der Waals surface area contributed by atoms with Crippen LogP contribution in [0.25, 0.3) is 0 Å². The Kier molecular flexibility index (Phi) is 29.5. The summed E-state index contributed by atoms with van der Waals surface area (Å²) in [5.41, 5.74) is 10.1. The highest BCUT2D eigenvalue weighted by Gasteiger charge is 1.97. The molecule has 0 heterocycles. The second kappa shape index (κ2) is 27.2. The number of hydrogen-bond donors (Lipinski definition) is 6. The van der Waals surface area contributed by atoms with Gasteiger partial charge in [-0.2, -0.15) is 9.98 Å². The monoisotopic (exact) mass is 374 g/mol. The first-order valence-corrected chi connectivity index (χ1v) is 7.88. The fourth-order valence-corrected chi connectivity index (χ4v) is 0.989. The van der Waals surface area contributed by atoms with E-state index in [4.69, 9.17) is 11.5 Å². The van der Waals surface area contributed by atoms with E-state index >= 15 is 0 Å². The number of carbonyl (C=O) groups excluding carboxylic acids is 4. The van der Waals surface area contributed by atoms with Gasteiger partial charge in [0.05, 0.1) is 6.67 Å². The van der Waals surface area contributed by atoms with E-state index in [0.717, 1.165) is 32.5 Å². The smallest absolute Gasteiger partial charge is 0.316 e. The molecule has 0 aliphatic carbocycles. The molecule has 0 saturated carbocycles. The fraction of sp³-hybridized carbons (Fsp3) is 0.714. The molecule has 0 rings (SSSR count). The predicted octanol–water partition coefficient (Wildman–Crippen LogP) is -2.10. The van der Waals surface area contributed by atoms with Crippen LogP contribution in [0.15, 0.2) is 9.98 Å². The van der Waals surface area contributed by atoms with Crippen LogP contribution in [0.4, 0.5) is 4.79 Å². The first-order valence-electron chi connectivity index (χ1n) is 7.88. The molecule has 12 nitrogen and oxygen atoms in total. The third-order valence-corrected chi connectivity index (χ3v) is 2.15. The molecular formula is C14H30N8O4. The number of carbonyl (C=O) groups is 2. The Balaban J connectivity index is -0.000000366. The van der Waals surface area contributed by atoms with Crippen molar-refractivity contribution in [1.82, 2.24) is 21.3 Å². The molecule has 0 radical (unpaired) electrons. The molecule has 0 aliphatic heterocycles. The average Bonchev–Trinajstić information content (AvgIpc) is 2.61. The molecule has 0 bridgehead atoms. The largest absolute Gasteiger partial charge is 0.339 e. The first kappa shape index (κ1) is 28.2. The van der Waals surface area contributed by atoms with Gasteiger partial charge in [0.2, 0.25) is 18.1 Å². The Labute approximate surface area is 153 Å². The third kappa shape index (κ3) is 37.5. The standard InChI is InChI=1S/C8H18N4O2.C3H2N2O2.C3H10N2/c1-7(13)11-6-12-8(14)10-5-3-4-9-2;6-2-4-1-5-3-7;4-2-1-3-5/h9H,3-6H2,1-2H3,(H,11,13)(H2,10,12,14);1H2;1-5H2. The van der Waals surface area contributed by atoms with E-state index in [9.17, 15) is 19.2 Å². The van der Waals surface area contributed by atoms with Gasteiger partial charge in [-0.25, -0.2) is 14.4 Å². The SMILES string of the molecule is CNCCCNC(=O)NCNC(C)=O.NCCCN.O=C=NCN=C=O. The van der Waals surface area contributed by atoms with Gasteiger partial charge < -0.3 is 32.7 Å². The summed E-state index contributed by atoms with van der Waals surface area (Å²) in [5.74, 6) is -0.166. The molecule has 0 unspecified atom stereocenters. The van der Waals surface area contributed by atoms with Crippen LogP contribution in [0.1, 0.15) is 19.8 Å². The second-order valence-corrected chi connectivity index (χ2v) is 4.37. The molecule has 0 aromatic heterocycles. The number of nitrogens with two attached hydrogens (primary N) is 2. The van der Waals surface area contributed by atoms with Gasteiger partial charge in [-0.1, -0.05) is 0 Å². The predicted molar refractivity (Wildman–Crippen MR) is 97.6 cm³/mol. The maximum absolute atomic E-state index is 11.0. The van der Waals surface area contributed by atoms with Crippen LogP contribution >= 0.6 is 0 Å². The van der Waals surface area contributed by atoms with Crippen molar-refractivity contribution in [3.63, 3.8) is 0 Å². The van der Waals surface area contributed by atoms with Gasteiger partial charge in [0.25, 0.3) is 0 Å². The Morgan fingerprint density at radius 3 is 1.88 bits per heavy atom. The zero-order valence-corrected chi connectivity index (χ0v) is 15.3.